The number of hydrogen-bond donors (Lipinski definition) is 2. The minimum absolute atomic E-state index is 0.0996. The summed E-state index contributed by atoms with van der Waals surface area (Å²) in [5.41, 5.74) is -0.481. The van der Waals surface area contributed by atoms with Gasteiger partial charge in [-0.25, -0.2) is 0 Å². The van der Waals surface area contributed by atoms with Crippen molar-refractivity contribution in [2.24, 2.45) is 0 Å². The average Bonchev–Trinajstić information content (AvgIpc) is 4.25. The van der Waals surface area contributed by atoms with Crippen molar-refractivity contribution in [1.29, 1.82) is 0 Å². The van der Waals surface area contributed by atoms with E-state index in [2.05, 4.69) is 40.9 Å². The summed E-state index contributed by atoms with van der Waals surface area (Å²) in [4.78, 5) is 0. The number of hydrogen-bond acceptors (Lipinski definition) is 14. The second-order valence-electron chi connectivity index (χ2n) is 18.7. The summed E-state index contributed by atoms with van der Waals surface area (Å²) in [6.07, 6.45) is 17.8. The van der Waals surface area contributed by atoms with Crippen LogP contribution in [0.2, 0.25) is 0 Å². The minimum atomic E-state index is -0.477. The van der Waals surface area contributed by atoms with Gasteiger partial charge in [-0.3, -0.25) is 0 Å². The Balaban J connectivity index is 1.86. The van der Waals surface area contributed by atoms with Crippen molar-refractivity contribution >= 4 is 0 Å². The average molecular weight is 945 g/mol. The second kappa shape index (κ2) is 38.1. The third-order valence-corrected chi connectivity index (χ3v) is 11.7. The van der Waals surface area contributed by atoms with Crippen molar-refractivity contribution in [2.45, 2.75) is 192 Å². The maximum absolute atomic E-state index is 9.49. The molecule has 0 radical (unpaired) electrons. The van der Waals surface area contributed by atoms with Gasteiger partial charge < -0.3 is 67.1 Å². The Kier molecular flexibility index (Phi) is 34.9. The Morgan fingerprint density at radius 3 is 1.56 bits per heavy atom. The molecule has 0 aromatic carbocycles. The van der Waals surface area contributed by atoms with Gasteiger partial charge in [0.1, 0.15) is 36.9 Å². The van der Waals surface area contributed by atoms with Crippen LogP contribution in [0, 0.1) is 0 Å². The maximum atomic E-state index is 9.49. The molecule has 8 atom stereocenters. The highest BCUT2D eigenvalue weighted by molar-refractivity contribution is 5.19. The van der Waals surface area contributed by atoms with Gasteiger partial charge in [-0.2, -0.15) is 0 Å². The lowest BCUT2D eigenvalue weighted by molar-refractivity contribution is -0.0925. The first-order valence-corrected chi connectivity index (χ1v) is 25.6. The lowest BCUT2D eigenvalue weighted by atomic mass is 9.95. The Morgan fingerprint density at radius 2 is 1.05 bits per heavy atom. The van der Waals surface area contributed by atoms with Gasteiger partial charge >= 0.3 is 0 Å². The third-order valence-electron chi connectivity index (χ3n) is 11.7. The van der Waals surface area contributed by atoms with Crippen LogP contribution in [-0.2, 0) is 56.8 Å². The number of rotatable bonds is 50. The second-order valence-corrected chi connectivity index (χ2v) is 18.7. The van der Waals surface area contributed by atoms with Crippen LogP contribution in [0.1, 0.15) is 144 Å². The highest BCUT2D eigenvalue weighted by Gasteiger charge is 2.34. The molecule has 0 aromatic heterocycles. The van der Waals surface area contributed by atoms with Gasteiger partial charge in [-0.15, -0.1) is 0 Å². The van der Waals surface area contributed by atoms with Crippen molar-refractivity contribution < 1.29 is 67.1 Å². The number of ether oxygens (including phenoxy) is 12. The Labute approximate surface area is 400 Å². The molecule has 0 bridgehead atoms. The largest absolute Gasteiger partial charge is 0.491 e. The van der Waals surface area contributed by atoms with Crippen molar-refractivity contribution in [2.75, 3.05) is 106 Å². The highest BCUT2D eigenvalue weighted by Crippen LogP contribution is 2.29. The van der Waals surface area contributed by atoms with Crippen molar-refractivity contribution in [3.63, 3.8) is 0 Å². The molecule has 66 heavy (non-hydrogen) atoms. The van der Waals surface area contributed by atoms with Crippen LogP contribution < -0.4 is 0 Å². The lowest BCUT2D eigenvalue weighted by Crippen LogP contribution is -2.36. The van der Waals surface area contributed by atoms with Crippen molar-refractivity contribution in [3.8, 4) is 0 Å². The third kappa shape index (κ3) is 34.6. The fraction of sp³-hybridized carbons (Fsp3) is 0.885. The molecule has 0 saturated carbocycles. The van der Waals surface area contributed by atoms with E-state index in [1.54, 1.807) is 26.0 Å². The molecule has 0 aromatic rings. The molecule has 2 rings (SSSR count). The predicted molar refractivity (Wildman–Crippen MR) is 259 cm³/mol. The topological polar surface area (TPSA) is 158 Å². The van der Waals surface area contributed by atoms with Crippen LogP contribution >= 0.6 is 0 Å². The summed E-state index contributed by atoms with van der Waals surface area (Å²) in [6.45, 7) is 29.4. The van der Waals surface area contributed by atoms with Crippen LogP contribution in [-0.4, -0.2) is 164 Å². The van der Waals surface area contributed by atoms with Crippen LogP contribution in [0.5, 0.6) is 0 Å². The lowest BCUT2D eigenvalue weighted by Gasteiger charge is -2.33. The van der Waals surface area contributed by atoms with Gasteiger partial charge in [0.25, 0.3) is 0 Å². The minimum Gasteiger partial charge on any atom is -0.491 e. The van der Waals surface area contributed by atoms with E-state index in [9.17, 15) is 10.2 Å². The molecule has 14 heteroatoms. The first kappa shape index (κ1) is 60.5. The fourth-order valence-electron chi connectivity index (χ4n) is 6.99. The first-order chi connectivity index (χ1) is 31.9. The van der Waals surface area contributed by atoms with E-state index in [4.69, 9.17) is 56.8 Å². The van der Waals surface area contributed by atoms with Crippen LogP contribution in [0.25, 0.3) is 0 Å². The maximum Gasteiger partial charge on any atom is 0.122 e. The van der Waals surface area contributed by atoms with Crippen molar-refractivity contribution in [3.05, 3.63) is 36.8 Å². The summed E-state index contributed by atoms with van der Waals surface area (Å²) in [6, 6.07) is 0. The fourth-order valence-corrected chi connectivity index (χ4v) is 6.99. The smallest absolute Gasteiger partial charge is 0.122 e. The van der Waals surface area contributed by atoms with Gasteiger partial charge in [-0.05, 0) is 98.0 Å². The Morgan fingerprint density at radius 1 is 0.591 bits per heavy atom. The van der Waals surface area contributed by atoms with E-state index in [-0.39, 0.29) is 30.0 Å². The Bertz CT molecular complexity index is 1210. The molecule has 2 aliphatic heterocycles. The molecular formula is C52H96O14. The SMILES string of the molecule is C=C/C(=C\C(=C)OCC(CC(C)(CC)OCCCCCCOCC1CO1)OCCCCOCC(C)O)OCC(COCCCCCCOC(C)(CC)CC1CO1)OCCCCOCC(C)O. The van der Waals surface area contributed by atoms with E-state index in [0.717, 1.165) is 123 Å². The van der Waals surface area contributed by atoms with E-state index >= 15 is 0 Å². The van der Waals surface area contributed by atoms with Gasteiger partial charge in [0.05, 0.1) is 75.3 Å². The van der Waals surface area contributed by atoms with Crippen LogP contribution in [0.3, 0.4) is 0 Å². The highest BCUT2D eigenvalue weighted by atomic mass is 16.6. The van der Waals surface area contributed by atoms with E-state index in [1.165, 1.54) is 0 Å². The zero-order valence-corrected chi connectivity index (χ0v) is 42.5. The predicted octanol–water partition coefficient (Wildman–Crippen LogP) is 8.83. The standard InChI is InChI=1S/C52H96O14/c1-9-46(62-41-49(60-29-23-21-27-56-36-44(5)54)37-57-24-16-12-14-19-31-66-52(8,11-3)34-48-40-63-48)32-45(6)61-39-47(59-28-22-20-26-55-35-43(4)53)33-51(7,10-2)65-30-18-15-13-17-25-58-38-50-42-64-50/h9,32,43-44,47-50,53-54H,1,6,10-31,33-42H2,2-5,7-8H3/b46-32+. The molecule has 2 saturated heterocycles. The molecular weight excluding hydrogens is 849 g/mol. The molecule has 14 nitrogen and oxygen atoms in total. The molecule has 2 N–H and O–H groups in total. The number of allylic oxidation sites excluding steroid dienone is 2. The zero-order chi connectivity index (χ0) is 48.1. The number of aliphatic hydroxyl groups excluding tert-OH is 2. The summed E-state index contributed by atoms with van der Waals surface area (Å²) < 4.78 is 71.3. The molecule has 2 fully saturated rings. The Hall–Kier alpha value is -1.66. The van der Waals surface area contributed by atoms with E-state index in [0.29, 0.717) is 103 Å². The molecule has 0 aliphatic carbocycles. The quantitative estimate of drug-likeness (QED) is 0.0258. The monoisotopic (exact) mass is 945 g/mol. The zero-order valence-electron chi connectivity index (χ0n) is 42.5. The molecule has 2 heterocycles. The normalized spacial score (nSPS) is 19.7. The number of unbranched alkanes of at least 4 members (excludes halogenated alkanes) is 8. The van der Waals surface area contributed by atoms with Crippen LogP contribution in [0.15, 0.2) is 36.8 Å². The summed E-state index contributed by atoms with van der Waals surface area (Å²) in [5.74, 6) is 0.955. The first-order valence-electron chi connectivity index (χ1n) is 25.6. The van der Waals surface area contributed by atoms with Gasteiger partial charge in [0.15, 0.2) is 0 Å². The molecule has 2 aliphatic rings. The summed E-state index contributed by atoms with van der Waals surface area (Å²) in [5, 5.41) is 19.0. The van der Waals surface area contributed by atoms with Gasteiger partial charge in [-0.1, -0.05) is 52.7 Å². The molecule has 0 amide bonds. The van der Waals surface area contributed by atoms with E-state index < -0.39 is 12.2 Å². The van der Waals surface area contributed by atoms with E-state index in [1.807, 2.05) is 0 Å². The van der Waals surface area contributed by atoms with Gasteiger partial charge in [0.2, 0.25) is 0 Å². The number of epoxide rings is 2. The molecule has 8 unspecified atom stereocenters. The molecule has 0 spiro atoms. The number of aliphatic hydroxyl groups is 2. The van der Waals surface area contributed by atoms with Crippen molar-refractivity contribution in [1.82, 2.24) is 0 Å². The van der Waals surface area contributed by atoms with Gasteiger partial charge in [0, 0.05) is 71.8 Å². The summed E-state index contributed by atoms with van der Waals surface area (Å²) in [7, 11) is 0. The molecule has 388 valence electrons. The van der Waals surface area contributed by atoms with Crippen LogP contribution in [0.4, 0.5) is 0 Å². The summed E-state index contributed by atoms with van der Waals surface area (Å²) >= 11 is 0.